The standard InChI is InChI=1S/C14H26N2O3S/c1-13(2,3)10(11(17)18)15-12(19)16-7-6-14(4,5)20-9-8-16/h10H,6-9H2,1-5H3,(H,15,19)(H,17,18). The van der Waals surface area contributed by atoms with E-state index in [0.29, 0.717) is 13.1 Å². The first-order valence-electron chi connectivity index (χ1n) is 6.95. The molecule has 0 radical (unpaired) electrons. The molecule has 1 atom stereocenters. The van der Waals surface area contributed by atoms with Gasteiger partial charge < -0.3 is 15.3 Å². The fourth-order valence-corrected chi connectivity index (χ4v) is 3.19. The summed E-state index contributed by atoms with van der Waals surface area (Å²) < 4.78 is 0.172. The van der Waals surface area contributed by atoms with E-state index in [9.17, 15) is 14.7 Å². The Morgan fingerprint density at radius 3 is 2.40 bits per heavy atom. The number of amides is 2. The largest absolute Gasteiger partial charge is 0.480 e. The Hall–Kier alpha value is -0.910. The molecule has 2 amide bonds. The molecule has 0 spiro atoms. The number of hydrogen-bond acceptors (Lipinski definition) is 3. The van der Waals surface area contributed by atoms with Gasteiger partial charge in [0.25, 0.3) is 0 Å². The maximum atomic E-state index is 12.3. The van der Waals surface area contributed by atoms with Crippen molar-refractivity contribution in [3.05, 3.63) is 0 Å². The summed E-state index contributed by atoms with van der Waals surface area (Å²) in [6.45, 7) is 11.1. The van der Waals surface area contributed by atoms with Gasteiger partial charge in [-0.1, -0.05) is 34.6 Å². The normalized spacial score (nSPS) is 20.9. The lowest BCUT2D eigenvalue weighted by molar-refractivity contribution is -0.142. The molecule has 5 nitrogen and oxygen atoms in total. The number of thioether (sulfide) groups is 1. The van der Waals surface area contributed by atoms with Gasteiger partial charge in [-0.15, -0.1) is 0 Å². The van der Waals surface area contributed by atoms with Gasteiger partial charge in [-0.25, -0.2) is 9.59 Å². The molecule has 20 heavy (non-hydrogen) atoms. The zero-order chi connectivity index (χ0) is 15.6. The van der Waals surface area contributed by atoms with Crippen molar-refractivity contribution in [1.82, 2.24) is 10.2 Å². The van der Waals surface area contributed by atoms with Crippen LogP contribution in [0.25, 0.3) is 0 Å². The van der Waals surface area contributed by atoms with Crippen LogP contribution in [0.3, 0.4) is 0 Å². The molecule has 0 saturated carbocycles. The number of carboxylic acid groups (broad SMARTS) is 1. The summed E-state index contributed by atoms with van der Waals surface area (Å²) in [6.07, 6.45) is 0.915. The Kier molecular flexibility index (Phi) is 5.35. The van der Waals surface area contributed by atoms with Gasteiger partial charge in [0, 0.05) is 23.6 Å². The van der Waals surface area contributed by atoms with Crippen LogP contribution in [0.4, 0.5) is 4.79 Å². The minimum atomic E-state index is -0.990. The molecule has 1 heterocycles. The number of nitrogens with zero attached hydrogens (tertiary/aromatic N) is 1. The molecule has 1 fully saturated rings. The van der Waals surface area contributed by atoms with E-state index in [1.807, 2.05) is 32.5 Å². The molecule has 0 aromatic rings. The third-order valence-corrected chi connectivity index (χ3v) is 4.88. The van der Waals surface area contributed by atoms with Crippen molar-refractivity contribution in [3.8, 4) is 0 Å². The molecule has 1 aliphatic rings. The Labute approximate surface area is 125 Å². The van der Waals surface area contributed by atoms with Crippen molar-refractivity contribution >= 4 is 23.8 Å². The van der Waals surface area contributed by atoms with Crippen molar-refractivity contribution in [2.75, 3.05) is 18.8 Å². The molecule has 1 rings (SSSR count). The summed E-state index contributed by atoms with van der Waals surface area (Å²) in [4.78, 5) is 25.3. The van der Waals surface area contributed by atoms with Crippen LogP contribution in [-0.4, -0.2) is 51.6 Å². The molecular weight excluding hydrogens is 276 g/mol. The van der Waals surface area contributed by atoms with Gasteiger partial charge in [-0.2, -0.15) is 11.8 Å². The summed E-state index contributed by atoms with van der Waals surface area (Å²) in [7, 11) is 0. The lowest BCUT2D eigenvalue weighted by atomic mass is 9.87. The second kappa shape index (κ2) is 6.24. The van der Waals surface area contributed by atoms with E-state index in [1.165, 1.54) is 0 Å². The molecular formula is C14H26N2O3S. The van der Waals surface area contributed by atoms with E-state index in [4.69, 9.17) is 0 Å². The van der Waals surface area contributed by atoms with Gasteiger partial charge in [0.2, 0.25) is 0 Å². The second-order valence-electron chi connectivity index (χ2n) is 6.93. The molecule has 0 aliphatic carbocycles. The Morgan fingerprint density at radius 1 is 1.30 bits per heavy atom. The fourth-order valence-electron chi connectivity index (χ4n) is 2.09. The summed E-state index contributed by atoms with van der Waals surface area (Å²) in [5.41, 5.74) is -0.513. The van der Waals surface area contributed by atoms with Crippen LogP contribution in [-0.2, 0) is 4.79 Å². The number of hydrogen-bond donors (Lipinski definition) is 2. The Morgan fingerprint density at radius 2 is 1.90 bits per heavy atom. The first-order chi connectivity index (χ1) is 9.03. The molecule has 1 unspecified atom stereocenters. The van der Waals surface area contributed by atoms with E-state index in [-0.39, 0.29) is 10.8 Å². The number of carbonyl (C=O) groups is 2. The van der Waals surface area contributed by atoms with Gasteiger partial charge >= 0.3 is 12.0 Å². The first kappa shape index (κ1) is 17.1. The van der Waals surface area contributed by atoms with Crippen LogP contribution in [0.2, 0.25) is 0 Å². The van der Waals surface area contributed by atoms with Crippen LogP contribution >= 0.6 is 11.8 Å². The number of carboxylic acids is 1. The number of nitrogens with one attached hydrogen (secondary N) is 1. The SMILES string of the molecule is CC1(C)CCN(C(=O)NC(C(=O)O)C(C)(C)C)CCS1. The summed E-state index contributed by atoms with van der Waals surface area (Å²) >= 11 is 1.86. The number of aliphatic carboxylic acids is 1. The van der Waals surface area contributed by atoms with Crippen LogP contribution < -0.4 is 5.32 Å². The maximum absolute atomic E-state index is 12.3. The number of urea groups is 1. The fraction of sp³-hybridized carbons (Fsp3) is 0.857. The molecule has 0 bridgehead atoms. The quantitative estimate of drug-likeness (QED) is 0.822. The molecule has 2 N–H and O–H groups in total. The smallest absolute Gasteiger partial charge is 0.326 e. The molecule has 1 aliphatic heterocycles. The van der Waals surface area contributed by atoms with E-state index >= 15 is 0 Å². The van der Waals surface area contributed by atoms with Crippen molar-refractivity contribution in [3.63, 3.8) is 0 Å². The predicted molar refractivity (Wildman–Crippen MR) is 82.1 cm³/mol. The average Bonchev–Trinajstić information content (AvgIpc) is 2.44. The van der Waals surface area contributed by atoms with Crippen LogP contribution in [0, 0.1) is 5.41 Å². The molecule has 1 saturated heterocycles. The monoisotopic (exact) mass is 302 g/mol. The molecule has 0 aromatic carbocycles. The highest BCUT2D eigenvalue weighted by Crippen LogP contribution is 2.30. The first-order valence-corrected chi connectivity index (χ1v) is 7.94. The van der Waals surface area contributed by atoms with E-state index in [1.54, 1.807) is 4.90 Å². The van der Waals surface area contributed by atoms with Crippen molar-refractivity contribution in [2.45, 2.75) is 51.8 Å². The maximum Gasteiger partial charge on any atom is 0.326 e. The van der Waals surface area contributed by atoms with Gasteiger partial charge in [-0.05, 0) is 11.8 Å². The van der Waals surface area contributed by atoms with Crippen LogP contribution in [0.15, 0.2) is 0 Å². The van der Waals surface area contributed by atoms with E-state index in [2.05, 4.69) is 19.2 Å². The summed E-state index contributed by atoms with van der Waals surface area (Å²) in [6, 6.07) is -1.15. The van der Waals surface area contributed by atoms with Crippen molar-refractivity contribution in [2.24, 2.45) is 5.41 Å². The van der Waals surface area contributed by atoms with Gasteiger partial charge in [-0.3, -0.25) is 0 Å². The average molecular weight is 302 g/mol. The zero-order valence-corrected chi connectivity index (χ0v) is 13.8. The lowest BCUT2D eigenvalue weighted by Crippen LogP contribution is -2.53. The second-order valence-corrected chi connectivity index (χ2v) is 8.73. The topological polar surface area (TPSA) is 69.6 Å². The van der Waals surface area contributed by atoms with Crippen LogP contribution in [0.5, 0.6) is 0 Å². The zero-order valence-electron chi connectivity index (χ0n) is 13.0. The third kappa shape index (κ3) is 4.89. The van der Waals surface area contributed by atoms with Gasteiger partial charge in [0.05, 0.1) is 0 Å². The third-order valence-electron chi connectivity index (χ3n) is 3.51. The van der Waals surface area contributed by atoms with E-state index < -0.39 is 17.4 Å². The van der Waals surface area contributed by atoms with Gasteiger partial charge in [0.1, 0.15) is 6.04 Å². The number of carbonyl (C=O) groups excluding carboxylic acids is 1. The predicted octanol–water partition coefficient (Wildman–Crippen LogP) is 2.41. The minimum Gasteiger partial charge on any atom is -0.480 e. The molecule has 116 valence electrons. The van der Waals surface area contributed by atoms with E-state index in [0.717, 1.165) is 12.2 Å². The summed E-state index contributed by atoms with van der Waals surface area (Å²) in [5, 5.41) is 11.9. The van der Waals surface area contributed by atoms with Gasteiger partial charge in [0.15, 0.2) is 0 Å². The highest BCUT2D eigenvalue weighted by molar-refractivity contribution is 8.00. The minimum absolute atomic E-state index is 0.172. The highest BCUT2D eigenvalue weighted by atomic mass is 32.2. The number of rotatable bonds is 2. The van der Waals surface area contributed by atoms with Crippen LogP contribution in [0.1, 0.15) is 41.0 Å². The summed E-state index contributed by atoms with van der Waals surface area (Å²) in [5.74, 6) is -0.108. The lowest BCUT2D eigenvalue weighted by Gasteiger charge is -2.30. The highest BCUT2D eigenvalue weighted by Gasteiger charge is 2.34. The Bertz CT molecular complexity index is 377. The molecule has 0 aromatic heterocycles. The van der Waals surface area contributed by atoms with Crippen molar-refractivity contribution in [1.29, 1.82) is 0 Å². The molecule has 6 heteroatoms. The van der Waals surface area contributed by atoms with Crippen molar-refractivity contribution < 1.29 is 14.7 Å². The Balaban J connectivity index is 2.68.